The summed E-state index contributed by atoms with van der Waals surface area (Å²) in [7, 11) is 0. The Kier molecular flexibility index (Phi) is 3.78. The molecule has 2 nitrogen and oxygen atoms in total. The maximum atomic E-state index is 13.2. The Morgan fingerprint density at radius 1 is 1.25 bits per heavy atom. The van der Waals surface area contributed by atoms with E-state index in [9.17, 15) is 4.39 Å². The lowest BCUT2D eigenvalue weighted by Crippen LogP contribution is -2.30. The molecule has 0 radical (unpaired) electrons. The molecule has 1 aromatic rings. The van der Waals surface area contributed by atoms with E-state index in [2.05, 4.69) is 5.32 Å². The van der Waals surface area contributed by atoms with Gasteiger partial charge in [-0.15, -0.1) is 0 Å². The van der Waals surface area contributed by atoms with E-state index >= 15 is 0 Å². The highest BCUT2D eigenvalue weighted by Gasteiger charge is 2.13. The summed E-state index contributed by atoms with van der Waals surface area (Å²) in [5.74, 6) is -0.317. The fourth-order valence-electron chi connectivity index (χ4n) is 2.30. The summed E-state index contributed by atoms with van der Waals surface area (Å²) in [6, 6.07) is 5.58. The molecule has 0 spiro atoms. The SMILES string of the molecule is Nc1c(F)cccc1CNC1CCCCC1. The van der Waals surface area contributed by atoms with Crippen molar-refractivity contribution in [3.05, 3.63) is 29.6 Å². The lowest BCUT2D eigenvalue weighted by Gasteiger charge is -2.23. The Bertz CT molecular complexity index is 346. The summed E-state index contributed by atoms with van der Waals surface area (Å²) < 4.78 is 13.2. The van der Waals surface area contributed by atoms with Crippen molar-refractivity contribution in [2.75, 3.05) is 5.73 Å². The predicted molar refractivity (Wildman–Crippen MR) is 64.5 cm³/mol. The van der Waals surface area contributed by atoms with E-state index in [1.54, 1.807) is 6.07 Å². The van der Waals surface area contributed by atoms with Crippen LogP contribution < -0.4 is 11.1 Å². The number of rotatable bonds is 3. The summed E-state index contributed by atoms with van der Waals surface area (Å²) in [6.07, 6.45) is 6.41. The number of nitrogens with two attached hydrogens (primary N) is 1. The van der Waals surface area contributed by atoms with Crippen molar-refractivity contribution < 1.29 is 4.39 Å². The smallest absolute Gasteiger partial charge is 0.146 e. The maximum Gasteiger partial charge on any atom is 0.146 e. The zero-order chi connectivity index (χ0) is 11.4. The molecule has 1 fully saturated rings. The second kappa shape index (κ2) is 5.30. The molecule has 0 aliphatic heterocycles. The number of nitrogen functional groups attached to an aromatic ring is 1. The van der Waals surface area contributed by atoms with Gasteiger partial charge in [-0.05, 0) is 24.5 Å². The van der Waals surface area contributed by atoms with E-state index in [1.807, 2.05) is 6.07 Å². The monoisotopic (exact) mass is 222 g/mol. The van der Waals surface area contributed by atoms with Crippen LogP contribution in [0.5, 0.6) is 0 Å². The molecule has 0 atom stereocenters. The van der Waals surface area contributed by atoms with Gasteiger partial charge in [0.2, 0.25) is 0 Å². The van der Waals surface area contributed by atoms with E-state index in [-0.39, 0.29) is 11.5 Å². The Labute approximate surface area is 96.0 Å². The lowest BCUT2D eigenvalue weighted by atomic mass is 9.95. The molecule has 0 heterocycles. The van der Waals surface area contributed by atoms with Crippen LogP contribution in [-0.4, -0.2) is 6.04 Å². The summed E-state index contributed by atoms with van der Waals surface area (Å²) >= 11 is 0. The first-order valence-corrected chi connectivity index (χ1v) is 6.03. The molecule has 0 amide bonds. The van der Waals surface area contributed by atoms with Crippen LogP contribution in [0.25, 0.3) is 0 Å². The molecule has 88 valence electrons. The largest absolute Gasteiger partial charge is 0.396 e. The molecule has 2 rings (SSSR count). The maximum absolute atomic E-state index is 13.2. The van der Waals surface area contributed by atoms with Crippen molar-refractivity contribution in [1.82, 2.24) is 5.32 Å². The molecule has 3 N–H and O–H groups in total. The van der Waals surface area contributed by atoms with E-state index in [4.69, 9.17) is 5.73 Å². The first-order valence-electron chi connectivity index (χ1n) is 6.03. The van der Waals surface area contributed by atoms with Crippen LogP contribution in [0.2, 0.25) is 0 Å². The average Bonchev–Trinajstić information content (AvgIpc) is 2.32. The minimum Gasteiger partial charge on any atom is -0.396 e. The molecule has 1 aromatic carbocycles. The number of hydrogen-bond acceptors (Lipinski definition) is 2. The second-order valence-electron chi connectivity index (χ2n) is 4.53. The van der Waals surface area contributed by atoms with Gasteiger partial charge >= 0.3 is 0 Å². The average molecular weight is 222 g/mol. The summed E-state index contributed by atoms with van der Waals surface area (Å²) in [5.41, 5.74) is 6.83. The van der Waals surface area contributed by atoms with Crippen LogP contribution in [0, 0.1) is 5.82 Å². The third kappa shape index (κ3) is 2.73. The van der Waals surface area contributed by atoms with Crippen molar-refractivity contribution >= 4 is 5.69 Å². The first-order chi connectivity index (χ1) is 7.77. The molecular weight excluding hydrogens is 203 g/mol. The van der Waals surface area contributed by atoms with Gasteiger partial charge in [0.1, 0.15) is 5.82 Å². The number of halogens is 1. The van der Waals surface area contributed by atoms with Gasteiger partial charge in [0.15, 0.2) is 0 Å². The number of para-hydroxylation sites is 1. The molecule has 0 saturated heterocycles. The van der Waals surface area contributed by atoms with Crippen molar-refractivity contribution in [3.8, 4) is 0 Å². The second-order valence-corrected chi connectivity index (χ2v) is 4.53. The normalized spacial score (nSPS) is 17.6. The zero-order valence-electron chi connectivity index (χ0n) is 9.51. The summed E-state index contributed by atoms with van der Waals surface area (Å²) in [6.45, 7) is 0.675. The molecular formula is C13H19FN2. The van der Waals surface area contributed by atoms with E-state index in [0.29, 0.717) is 12.6 Å². The highest BCUT2D eigenvalue weighted by atomic mass is 19.1. The lowest BCUT2D eigenvalue weighted by molar-refractivity contribution is 0.372. The van der Waals surface area contributed by atoms with E-state index in [0.717, 1.165) is 5.56 Å². The summed E-state index contributed by atoms with van der Waals surface area (Å²) in [5, 5.41) is 3.46. The van der Waals surface area contributed by atoms with Gasteiger partial charge in [0, 0.05) is 12.6 Å². The fraction of sp³-hybridized carbons (Fsp3) is 0.538. The minimum atomic E-state index is -0.317. The van der Waals surface area contributed by atoms with Gasteiger partial charge in [0.05, 0.1) is 5.69 Å². The van der Waals surface area contributed by atoms with Crippen molar-refractivity contribution in [3.63, 3.8) is 0 Å². The van der Waals surface area contributed by atoms with Gasteiger partial charge in [-0.25, -0.2) is 4.39 Å². The molecule has 3 heteroatoms. The molecule has 16 heavy (non-hydrogen) atoms. The number of benzene rings is 1. The van der Waals surface area contributed by atoms with E-state index < -0.39 is 0 Å². The number of hydrogen-bond donors (Lipinski definition) is 2. The molecule has 0 bridgehead atoms. The summed E-state index contributed by atoms with van der Waals surface area (Å²) in [4.78, 5) is 0. The minimum absolute atomic E-state index is 0.283. The van der Waals surface area contributed by atoms with Crippen molar-refractivity contribution in [2.24, 2.45) is 0 Å². The topological polar surface area (TPSA) is 38.0 Å². The molecule has 0 aromatic heterocycles. The number of anilines is 1. The molecule has 1 aliphatic rings. The fourth-order valence-corrected chi connectivity index (χ4v) is 2.30. The van der Waals surface area contributed by atoms with Gasteiger partial charge < -0.3 is 11.1 Å². The third-order valence-corrected chi connectivity index (χ3v) is 3.33. The Hall–Kier alpha value is -1.09. The van der Waals surface area contributed by atoms with Crippen LogP contribution in [0.4, 0.5) is 10.1 Å². The van der Waals surface area contributed by atoms with Crippen LogP contribution in [0.3, 0.4) is 0 Å². The van der Waals surface area contributed by atoms with Crippen molar-refractivity contribution in [1.29, 1.82) is 0 Å². The van der Waals surface area contributed by atoms with Crippen LogP contribution in [-0.2, 0) is 6.54 Å². The van der Waals surface area contributed by atoms with Crippen LogP contribution in [0.1, 0.15) is 37.7 Å². The first kappa shape index (κ1) is 11.4. The predicted octanol–water partition coefficient (Wildman–Crippen LogP) is 2.83. The van der Waals surface area contributed by atoms with Gasteiger partial charge in [-0.2, -0.15) is 0 Å². The van der Waals surface area contributed by atoms with Gasteiger partial charge in [-0.1, -0.05) is 31.4 Å². The van der Waals surface area contributed by atoms with Gasteiger partial charge in [-0.3, -0.25) is 0 Å². The Morgan fingerprint density at radius 3 is 2.75 bits per heavy atom. The highest BCUT2D eigenvalue weighted by molar-refractivity contribution is 5.47. The van der Waals surface area contributed by atoms with Gasteiger partial charge in [0.25, 0.3) is 0 Å². The molecule has 1 aliphatic carbocycles. The highest BCUT2D eigenvalue weighted by Crippen LogP contribution is 2.19. The standard InChI is InChI=1S/C13H19FN2/c14-12-8-4-5-10(13(12)15)9-16-11-6-2-1-3-7-11/h4-5,8,11,16H,1-3,6-7,9,15H2. The molecule has 1 saturated carbocycles. The molecule has 0 unspecified atom stereocenters. The van der Waals surface area contributed by atoms with Crippen molar-refractivity contribution in [2.45, 2.75) is 44.7 Å². The number of nitrogens with one attached hydrogen (secondary N) is 1. The van der Waals surface area contributed by atoms with Crippen LogP contribution in [0.15, 0.2) is 18.2 Å². The van der Waals surface area contributed by atoms with E-state index in [1.165, 1.54) is 38.2 Å². The Balaban J connectivity index is 1.91. The zero-order valence-corrected chi connectivity index (χ0v) is 9.51. The van der Waals surface area contributed by atoms with Crippen LogP contribution >= 0.6 is 0 Å². The third-order valence-electron chi connectivity index (χ3n) is 3.33. The Morgan fingerprint density at radius 2 is 2.00 bits per heavy atom. The quantitative estimate of drug-likeness (QED) is 0.772.